The van der Waals surface area contributed by atoms with Gasteiger partial charge in [0.05, 0.1) is 6.10 Å². The van der Waals surface area contributed by atoms with Crippen LogP contribution in [0.5, 0.6) is 0 Å². The molecule has 0 radical (unpaired) electrons. The fourth-order valence-electron chi connectivity index (χ4n) is 3.03. The molecule has 9 heteroatoms. The van der Waals surface area contributed by atoms with Crippen LogP contribution in [0.1, 0.15) is 13.3 Å². The molecular formula is C13H27N3O6. The number of aliphatic hydroxyl groups is 4. The molecule has 0 aromatic heterocycles. The van der Waals surface area contributed by atoms with Gasteiger partial charge in [-0.15, -0.1) is 0 Å². The van der Waals surface area contributed by atoms with E-state index in [1.807, 2.05) is 0 Å². The lowest BCUT2D eigenvalue weighted by Crippen LogP contribution is -2.64. The number of hydrogen-bond acceptors (Lipinski definition) is 9. The average molecular weight is 321 g/mol. The summed E-state index contributed by atoms with van der Waals surface area (Å²) in [4.78, 5) is 0. The lowest BCUT2D eigenvalue weighted by atomic mass is 9.79. The van der Waals surface area contributed by atoms with Crippen LogP contribution in [0, 0.1) is 5.92 Å². The summed E-state index contributed by atoms with van der Waals surface area (Å²) in [5.41, 5.74) is 17.3. The van der Waals surface area contributed by atoms with Gasteiger partial charge in [0.15, 0.2) is 6.29 Å². The second-order valence-electron chi connectivity index (χ2n) is 6.26. The highest BCUT2D eigenvalue weighted by molar-refractivity contribution is 4.97. The van der Waals surface area contributed by atoms with E-state index in [2.05, 4.69) is 0 Å². The van der Waals surface area contributed by atoms with E-state index in [0.29, 0.717) is 6.42 Å². The van der Waals surface area contributed by atoms with Crippen molar-refractivity contribution in [2.75, 3.05) is 6.54 Å². The lowest BCUT2D eigenvalue weighted by Gasteiger charge is -2.45. The molecule has 130 valence electrons. The molecule has 9 nitrogen and oxygen atoms in total. The molecule has 2 aliphatic rings. The normalized spacial score (nSPS) is 53.5. The second-order valence-corrected chi connectivity index (χ2v) is 6.26. The molecule has 4 unspecified atom stereocenters. The van der Waals surface area contributed by atoms with Gasteiger partial charge in [-0.1, -0.05) is 6.92 Å². The van der Waals surface area contributed by atoms with E-state index in [0.717, 1.165) is 0 Å². The van der Waals surface area contributed by atoms with E-state index < -0.39 is 49.0 Å². The van der Waals surface area contributed by atoms with Gasteiger partial charge in [-0.2, -0.15) is 0 Å². The smallest absolute Gasteiger partial charge is 0.187 e. The molecule has 0 spiro atoms. The Bertz CT molecular complexity index is 374. The first-order valence-corrected chi connectivity index (χ1v) is 7.52. The number of hydrogen-bond donors (Lipinski definition) is 7. The van der Waals surface area contributed by atoms with Gasteiger partial charge in [0.1, 0.15) is 30.5 Å². The van der Waals surface area contributed by atoms with Gasteiger partial charge in [0.25, 0.3) is 0 Å². The maximum Gasteiger partial charge on any atom is 0.187 e. The first-order valence-electron chi connectivity index (χ1n) is 7.52. The quantitative estimate of drug-likeness (QED) is 0.274. The van der Waals surface area contributed by atoms with Crippen LogP contribution in [-0.2, 0) is 9.47 Å². The fraction of sp³-hybridized carbons (Fsp3) is 1.00. The highest BCUT2D eigenvalue weighted by Gasteiger charge is 2.47. The maximum atomic E-state index is 10.3. The molecule has 10 N–H and O–H groups in total. The summed E-state index contributed by atoms with van der Waals surface area (Å²) in [6.45, 7) is 1.74. The fourth-order valence-corrected chi connectivity index (χ4v) is 3.03. The van der Waals surface area contributed by atoms with Gasteiger partial charge in [-0.05, 0) is 12.3 Å². The van der Waals surface area contributed by atoms with Crippen molar-refractivity contribution in [1.29, 1.82) is 0 Å². The van der Waals surface area contributed by atoms with Crippen molar-refractivity contribution in [3.8, 4) is 0 Å². The van der Waals surface area contributed by atoms with Gasteiger partial charge < -0.3 is 47.1 Å². The number of aliphatic hydroxyl groups excluding tert-OH is 4. The minimum Gasteiger partial charge on any atom is -0.390 e. The Morgan fingerprint density at radius 2 is 1.64 bits per heavy atom. The summed E-state index contributed by atoms with van der Waals surface area (Å²) in [7, 11) is 0. The average Bonchev–Trinajstić information content (AvgIpc) is 2.49. The molecule has 1 saturated carbocycles. The van der Waals surface area contributed by atoms with Crippen molar-refractivity contribution in [3.63, 3.8) is 0 Å². The molecular weight excluding hydrogens is 294 g/mol. The standard InChI is InChI=1S/C13H27N3O6/c1-4-5(15)2-6(16)12(8(4)17)22-13-11(20)10(19)9(18)7(3-14)21-13/h4-13,17-20H,2-3,14-16H2,1H3/t4-,5-,6?,7?,8?,9-,10+,11?,12-,13-/m1/s1. The summed E-state index contributed by atoms with van der Waals surface area (Å²) < 4.78 is 11.0. The maximum absolute atomic E-state index is 10.3. The summed E-state index contributed by atoms with van der Waals surface area (Å²) in [5, 5.41) is 39.9. The molecule has 10 atom stereocenters. The molecule has 2 rings (SSSR count). The SMILES string of the molecule is C[C@H]1C(O)[C@H](O[C@H]2OC(CN)[C@@H](O)[C@H](O)C2O)C(N)C[C@H]1N. The van der Waals surface area contributed by atoms with Gasteiger partial charge in [0, 0.05) is 18.6 Å². The van der Waals surface area contributed by atoms with Crippen molar-refractivity contribution in [1.82, 2.24) is 0 Å². The third-order valence-corrected chi connectivity index (χ3v) is 4.71. The molecule has 0 amide bonds. The van der Waals surface area contributed by atoms with E-state index in [9.17, 15) is 20.4 Å². The molecule has 22 heavy (non-hydrogen) atoms. The highest BCUT2D eigenvalue weighted by atomic mass is 16.7. The van der Waals surface area contributed by atoms with E-state index in [-0.39, 0.29) is 18.5 Å². The second kappa shape index (κ2) is 7.04. The van der Waals surface area contributed by atoms with Gasteiger partial charge >= 0.3 is 0 Å². The van der Waals surface area contributed by atoms with Crippen LogP contribution in [0.15, 0.2) is 0 Å². The number of rotatable bonds is 3. The monoisotopic (exact) mass is 321 g/mol. The van der Waals surface area contributed by atoms with E-state index in [1.165, 1.54) is 0 Å². The topological polar surface area (TPSA) is 177 Å². The molecule has 2 fully saturated rings. The van der Waals surface area contributed by atoms with Crippen molar-refractivity contribution < 1.29 is 29.9 Å². The van der Waals surface area contributed by atoms with Gasteiger partial charge in [-0.25, -0.2) is 0 Å². The van der Waals surface area contributed by atoms with Crippen molar-refractivity contribution in [3.05, 3.63) is 0 Å². The predicted octanol–water partition coefficient (Wildman–Crippen LogP) is -3.81. The van der Waals surface area contributed by atoms with Crippen LogP contribution in [0.4, 0.5) is 0 Å². The molecule has 0 aromatic rings. The zero-order valence-electron chi connectivity index (χ0n) is 12.5. The Morgan fingerprint density at radius 1 is 1.00 bits per heavy atom. The van der Waals surface area contributed by atoms with E-state index in [4.69, 9.17) is 26.7 Å². The largest absolute Gasteiger partial charge is 0.390 e. The molecule has 1 aliphatic carbocycles. The molecule has 1 saturated heterocycles. The van der Waals surface area contributed by atoms with Crippen LogP contribution in [0.3, 0.4) is 0 Å². The van der Waals surface area contributed by atoms with E-state index in [1.54, 1.807) is 6.92 Å². The third kappa shape index (κ3) is 3.28. The minimum atomic E-state index is -1.47. The van der Waals surface area contributed by atoms with Crippen molar-refractivity contribution >= 4 is 0 Å². The number of nitrogens with two attached hydrogens (primary N) is 3. The summed E-state index contributed by atoms with van der Waals surface area (Å²) >= 11 is 0. The van der Waals surface area contributed by atoms with E-state index >= 15 is 0 Å². The predicted molar refractivity (Wildman–Crippen MR) is 76.3 cm³/mol. The van der Waals surface area contributed by atoms with Crippen LogP contribution in [0.2, 0.25) is 0 Å². The molecule has 0 aromatic carbocycles. The number of ether oxygens (including phenoxy) is 2. The molecule has 0 bridgehead atoms. The van der Waals surface area contributed by atoms with Gasteiger partial charge in [0.2, 0.25) is 0 Å². The molecule has 1 heterocycles. The van der Waals surface area contributed by atoms with Gasteiger partial charge in [-0.3, -0.25) is 0 Å². The zero-order chi connectivity index (χ0) is 16.6. The molecule has 1 aliphatic heterocycles. The minimum absolute atomic E-state index is 0.0502. The highest BCUT2D eigenvalue weighted by Crippen LogP contribution is 2.29. The Hall–Kier alpha value is -0.360. The van der Waals surface area contributed by atoms with Crippen molar-refractivity contribution in [2.45, 2.75) is 68.3 Å². The Morgan fingerprint density at radius 3 is 2.23 bits per heavy atom. The van der Waals surface area contributed by atoms with Crippen LogP contribution in [-0.4, -0.2) is 82.0 Å². The Kier molecular flexibility index (Phi) is 5.75. The van der Waals surface area contributed by atoms with Crippen LogP contribution >= 0.6 is 0 Å². The Labute approximate surface area is 129 Å². The van der Waals surface area contributed by atoms with Crippen LogP contribution in [0.25, 0.3) is 0 Å². The van der Waals surface area contributed by atoms with Crippen LogP contribution < -0.4 is 17.2 Å². The third-order valence-electron chi connectivity index (χ3n) is 4.71. The first-order chi connectivity index (χ1) is 10.3. The summed E-state index contributed by atoms with van der Waals surface area (Å²) in [6, 6.07) is -0.774. The summed E-state index contributed by atoms with van der Waals surface area (Å²) in [5.74, 6) is -0.230. The zero-order valence-corrected chi connectivity index (χ0v) is 12.5. The Balaban J connectivity index is 2.08. The lowest BCUT2D eigenvalue weighted by molar-refractivity contribution is -0.316. The first kappa shape index (κ1) is 18.0. The summed E-state index contributed by atoms with van der Waals surface area (Å²) in [6.07, 6.45) is -7.61. The van der Waals surface area contributed by atoms with Crippen molar-refractivity contribution in [2.24, 2.45) is 23.1 Å².